The lowest BCUT2D eigenvalue weighted by molar-refractivity contribution is -0.143. The van der Waals surface area contributed by atoms with E-state index < -0.39 is 29.6 Å². The van der Waals surface area contributed by atoms with Gasteiger partial charge in [-0.05, 0) is 64.0 Å². The van der Waals surface area contributed by atoms with E-state index in [0.717, 1.165) is 57.2 Å². The molecule has 224 valence electrons. The maximum absolute atomic E-state index is 13.7. The van der Waals surface area contributed by atoms with Gasteiger partial charge in [-0.1, -0.05) is 50.6 Å². The molecule has 1 aromatic carbocycles. The lowest BCUT2D eigenvalue weighted by Crippen LogP contribution is -2.56. The zero-order valence-electron chi connectivity index (χ0n) is 24.9. The van der Waals surface area contributed by atoms with Gasteiger partial charge in [-0.25, -0.2) is 0 Å². The molecular weight excluding hydrogens is 508 g/mol. The number of benzene rings is 1. The van der Waals surface area contributed by atoms with Crippen molar-refractivity contribution in [2.45, 2.75) is 95.9 Å². The second-order valence-electron chi connectivity index (χ2n) is 11.5. The number of amides is 3. The van der Waals surface area contributed by atoms with Crippen molar-refractivity contribution in [3.05, 3.63) is 35.9 Å². The van der Waals surface area contributed by atoms with E-state index in [-0.39, 0.29) is 24.1 Å². The molecule has 2 heterocycles. The number of rotatable bonds is 16. The molecule has 2 fully saturated rings. The van der Waals surface area contributed by atoms with Crippen molar-refractivity contribution in [3.63, 3.8) is 0 Å². The number of hydrogen-bond acceptors (Lipinski definition) is 6. The van der Waals surface area contributed by atoms with Crippen molar-refractivity contribution >= 4 is 17.7 Å². The Morgan fingerprint density at radius 2 is 1.85 bits per heavy atom. The van der Waals surface area contributed by atoms with E-state index in [9.17, 15) is 19.5 Å². The third-order valence-electron chi connectivity index (χ3n) is 8.64. The van der Waals surface area contributed by atoms with Crippen LogP contribution in [0.4, 0.5) is 0 Å². The number of aliphatic hydroxyl groups excluding tert-OH is 1. The molecule has 9 heteroatoms. The van der Waals surface area contributed by atoms with Crippen LogP contribution in [-0.2, 0) is 25.5 Å². The Bertz CT molecular complexity index is 960. The molecule has 2 saturated heterocycles. The number of carbonyl (C=O) groups excluding carboxylic acids is 3. The SMILES string of the molecule is CCCCNC(=O)[C@H](C)C[C@H](O)[C@H](Cc1ccccc1)NC(=O)[C@H](C)N1CC[C@@]2(CCCN2CCCOC)C1=O. The number of ether oxygens (including phenoxy) is 1. The summed E-state index contributed by atoms with van der Waals surface area (Å²) in [6, 6.07) is 8.45. The van der Waals surface area contributed by atoms with Crippen LogP contribution >= 0.6 is 0 Å². The number of methoxy groups -OCH3 is 1. The van der Waals surface area contributed by atoms with E-state index in [1.165, 1.54) is 0 Å². The predicted octanol–water partition coefficient (Wildman–Crippen LogP) is 2.51. The van der Waals surface area contributed by atoms with Crippen LogP contribution in [0.15, 0.2) is 30.3 Å². The summed E-state index contributed by atoms with van der Waals surface area (Å²) in [5, 5.41) is 17.2. The Kier molecular flexibility index (Phi) is 12.4. The van der Waals surface area contributed by atoms with Crippen molar-refractivity contribution in [2.75, 3.05) is 39.9 Å². The fourth-order valence-corrected chi connectivity index (χ4v) is 6.13. The quantitative estimate of drug-likeness (QED) is 0.269. The number of likely N-dealkylation sites (tertiary alicyclic amines) is 2. The summed E-state index contributed by atoms with van der Waals surface area (Å²) >= 11 is 0. The molecule has 0 aromatic heterocycles. The first-order valence-electron chi connectivity index (χ1n) is 15.1. The van der Waals surface area contributed by atoms with E-state index >= 15 is 0 Å². The standard InChI is InChI=1S/C31H50N4O5/c1-5-6-16-32-28(37)23(2)21-27(36)26(22-25-12-8-7-9-13-25)33-29(38)24(3)35-19-15-31(30(35)39)14-10-17-34(31)18-11-20-40-4/h7-9,12-13,23-24,26-27,36H,5-6,10-11,14-22H2,1-4H3,(H,32,37)(H,33,38)/t23-,24+,26+,27+,31+/m1/s1. The monoisotopic (exact) mass is 558 g/mol. The highest BCUT2D eigenvalue weighted by Crippen LogP contribution is 2.39. The molecule has 2 aliphatic rings. The molecule has 3 amide bonds. The van der Waals surface area contributed by atoms with E-state index in [1.54, 1.807) is 25.9 Å². The summed E-state index contributed by atoms with van der Waals surface area (Å²) in [4.78, 5) is 43.8. The van der Waals surface area contributed by atoms with Crippen LogP contribution in [0.1, 0.15) is 71.3 Å². The summed E-state index contributed by atoms with van der Waals surface area (Å²) in [6.45, 7) is 9.15. The second-order valence-corrected chi connectivity index (χ2v) is 11.5. The van der Waals surface area contributed by atoms with E-state index in [4.69, 9.17) is 4.74 Å². The molecule has 0 bridgehead atoms. The number of nitrogens with zero attached hydrogens (tertiary/aromatic N) is 2. The lowest BCUT2D eigenvalue weighted by Gasteiger charge is -2.35. The molecule has 0 radical (unpaired) electrons. The van der Waals surface area contributed by atoms with Gasteiger partial charge in [0.05, 0.1) is 12.1 Å². The first kappa shape index (κ1) is 32.0. The minimum absolute atomic E-state index is 0.0302. The number of carbonyl (C=O) groups is 3. The average molecular weight is 559 g/mol. The van der Waals surface area contributed by atoms with Crippen LogP contribution in [0.3, 0.4) is 0 Å². The first-order chi connectivity index (χ1) is 19.2. The van der Waals surface area contributed by atoms with Crippen molar-refractivity contribution in [1.82, 2.24) is 20.4 Å². The topological polar surface area (TPSA) is 111 Å². The molecule has 2 aliphatic heterocycles. The van der Waals surface area contributed by atoms with Gasteiger partial charge in [0.15, 0.2) is 0 Å². The lowest BCUT2D eigenvalue weighted by atomic mass is 9.93. The maximum atomic E-state index is 13.7. The molecule has 1 spiro atoms. The molecule has 0 saturated carbocycles. The molecule has 0 aliphatic carbocycles. The van der Waals surface area contributed by atoms with Gasteiger partial charge in [-0.15, -0.1) is 0 Å². The molecule has 3 N–H and O–H groups in total. The minimum Gasteiger partial charge on any atom is -0.391 e. The van der Waals surface area contributed by atoms with Crippen LogP contribution in [0, 0.1) is 5.92 Å². The average Bonchev–Trinajstić information content (AvgIpc) is 3.51. The maximum Gasteiger partial charge on any atom is 0.243 e. The number of aliphatic hydroxyl groups is 1. The number of unbranched alkanes of at least 4 members (excludes halogenated alkanes) is 1. The smallest absolute Gasteiger partial charge is 0.243 e. The Morgan fingerprint density at radius 3 is 2.55 bits per heavy atom. The zero-order chi connectivity index (χ0) is 29.1. The van der Waals surface area contributed by atoms with Gasteiger partial charge < -0.3 is 25.4 Å². The van der Waals surface area contributed by atoms with E-state index in [0.29, 0.717) is 26.1 Å². The summed E-state index contributed by atoms with van der Waals surface area (Å²) in [5.74, 6) is -0.742. The largest absolute Gasteiger partial charge is 0.391 e. The fourth-order valence-electron chi connectivity index (χ4n) is 6.13. The zero-order valence-corrected chi connectivity index (χ0v) is 24.9. The first-order valence-corrected chi connectivity index (χ1v) is 15.1. The summed E-state index contributed by atoms with van der Waals surface area (Å²) in [6.07, 6.45) is 5.02. The van der Waals surface area contributed by atoms with Crippen LogP contribution < -0.4 is 10.6 Å². The molecule has 0 unspecified atom stereocenters. The van der Waals surface area contributed by atoms with Crippen molar-refractivity contribution in [2.24, 2.45) is 5.92 Å². The molecule has 9 nitrogen and oxygen atoms in total. The van der Waals surface area contributed by atoms with Crippen LogP contribution in [0.2, 0.25) is 0 Å². The van der Waals surface area contributed by atoms with Gasteiger partial charge in [0.2, 0.25) is 17.7 Å². The Labute approximate surface area is 240 Å². The van der Waals surface area contributed by atoms with E-state index in [1.807, 2.05) is 30.3 Å². The van der Waals surface area contributed by atoms with Gasteiger partial charge in [0.25, 0.3) is 0 Å². The Balaban J connectivity index is 1.66. The fraction of sp³-hybridized carbons (Fsp3) is 0.710. The Hall–Kier alpha value is -2.49. The van der Waals surface area contributed by atoms with Crippen molar-refractivity contribution < 1.29 is 24.2 Å². The van der Waals surface area contributed by atoms with Gasteiger partial charge in [0, 0.05) is 39.3 Å². The summed E-state index contributed by atoms with van der Waals surface area (Å²) in [5.41, 5.74) is 0.458. The predicted molar refractivity (Wildman–Crippen MR) is 156 cm³/mol. The summed E-state index contributed by atoms with van der Waals surface area (Å²) < 4.78 is 5.21. The molecule has 40 heavy (non-hydrogen) atoms. The highest BCUT2D eigenvalue weighted by Gasteiger charge is 2.54. The third-order valence-corrected chi connectivity index (χ3v) is 8.64. The molecule has 5 atom stereocenters. The summed E-state index contributed by atoms with van der Waals surface area (Å²) in [7, 11) is 1.69. The third kappa shape index (κ3) is 8.04. The Morgan fingerprint density at radius 1 is 1.10 bits per heavy atom. The van der Waals surface area contributed by atoms with Crippen molar-refractivity contribution in [1.29, 1.82) is 0 Å². The van der Waals surface area contributed by atoms with Crippen molar-refractivity contribution in [3.8, 4) is 0 Å². The van der Waals surface area contributed by atoms with Crippen LogP contribution in [0.25, 0.3) is 0 Å². The molecular formula is C31H50N4O5. The normalized spacial score (nSPS) is 22.3. The number of hydrogen-bond donors (Lipinski definition) is 3. The van der Waals surface area contributed by atoms with Gasteiger partial charge in [-0.3, -0.25) is 19.3 Å². The highest BCUT2D eigenvalue weighted by molar-refractivity contribution is 5.94. The van der Waals surface area contributed by atoms with Gasteiger partial charge >= 0.3 is 0 Å². The van der Waals surface area contributed by atoms with Crippen LogP contribution in [0.5, 0.6) is 0 Å². The number of nitrogens with one attached hydrogen (secondary N) is 2. The molecule has 3 rings (SSSR count). The molecule has 1 aromatic rings. The van der Waals surface area contributed by atoms with Gasteiger partial charge in [-0.2, -0.15) is 0 Å². The van der Waals surface area contributed by atoms with Crippen LogP contribution in [-0.4, -0.2) is 96.3 Å². The van der Waals surface area contributed by atoms with E-state index in [2.05, 4.69) is 22.5 Å². The highest BCUT2D eigenvalue weighted by atomic mass is 16.5. The van der Waals surface area contributed by atoms with Gasteiger partial charge in [0.1, 0.15) is 11.6 Å². The second kappa shape index (κ2) is 15.5. The minimum atomic E-state index is -0.921.